The molecule has 0 amide bonds. The third kappa shape index (κ3) is 4.23. The Morgan fingerprint density at radius 3 is 2.16 bits per heavy atom. The van der Waals surface area contributed by atoms with Crippen LogP contribution in [0.2, 0.25) is 0 Å². The first-order valence-corrected chi connectivity index (χ1v) is 11.0. The predicted octanol–water partition coefficient (Wildman–Crippen LogP) is 2.21. The molecule has 0 aromatic carbocycles. The number of piperazine rings is 1. The summed E-state index contributed by atoms with van der Waals surface area (Å²) in [6, 6.07) is 1.60. The molecule has 25 heavy (non-hydrogen) atoms. The van der Waals surface area contributed by atoms with E-state index in [1.807, 2.05) is 0 Å². The minimum Gasteiger partial charge on any atom is -0.300 e. The maximum Gasteiger partial charge on any atom is 0.0350 e. The molecule has 0 N–H and O–H groups in total. The minimum absolute atomic E-state index is 0.718. The summed E-state index contributed by atoms with van der Waals surface area (Å²) in [4.78, 5) is 10.9. The Labute approximate surface area is 155 Å². The molecule has 4 heteroatoms. The molecule has 144 valence electrons. The van der Waals surface area contributed by atoms with Crippen LogP contribution in [0.5, 0.6) is 0 Å². The monoisotopic (exact) mass is 348 g/mol. The second-order valence-corrected chi connectivity index (χ2v) is 9.85. The van der Waals surface area contributed by atoms with E-state index in [1.165, 1.54) is 91.1 Å². The zero-order chi connectivity index (χ0) is 17.4. The number of likely N-dealkylation sites (tertiary alicyclic amines) is 2. The summed E-state index contributed by atoms with van der Waals surface area (Å²) in [5, 5.41) is 0. The fourth-order valence-electron chi connectivity index (χ4n) is 5.42. The second-order valence-electron chi connectivity index (χ2n) is 9.85. The SMILES string of the molecule is CCCC1(CN2CC(N3CC(CN4CCN(C(C)C)CC4)C3)C2)CC1. The van der Waals surface area contributed by atoms with Crippen molar-refractivity contribution in [2.75, 3.05) is 65.4 Å². The zero-order valence-corrected chi connectivity index (χ0v) is 16.9. The fraction of sp³-hybridized carbons (Fsp3) is 1.00. The molecule has 0 aromatic rings. The van der Waals surface area contributed by atoms with Crippen LogP contribution in [0.15, 0.2) is 0 Å². The molecule has 0 radical (unpaired) electrons. The van der Waals surface area contributed by atoms with Crippen LogP contribution in [0.3, 0.4) is 0 Å². The molecule has 4 rings (SSSR count). The van der Waals surface area contributed by atoms with E-state index in [9.17, 15) is 0 Å². The fourth-order valence-corrected chi connectivity index (χ4v) is 5.42. The van der Waals surface area contributed by atoms with Gasteiger partial charge in [-0.05, 0) is 44.4 Å². The van der Waals surface area contributed by atoms with Gasteiger partial charge in [-0.3, -0.25) is 14.7 Å². The van der Waals surface area contributed by atoms with Crippen LogP contribution < -0.4 is 0 Å². The molecule has 4 fully saturated rings. The molecule has 3 saturated heterocycles. The summed E-state index contributed by atoms with van der Waals surface area (Å²) in [7, 11) is 0. The Morgan fingerprint density at radius 2 is 1.60 bits per heavy atom. The lowest BCUT2D eigenvalue weighted by Gasteiger charge is -2.53. The van der Waals surface area contributed by atoms with Crippen molar-refractivity contribution in [3.8, 4) is 0 Å². The average Bonchev–Trinajstić information content (AvgIpc) is 3.27. The van der Waals surface area contributed by atoms with Gasteiger partial charge in [0.2, 0.25) is 0 Å². The van der Waals surface area contributed by atoms with E-state index in [2.05, 4.69) is 40.4 Å². The van der Waals surface area contributed by atoms with Gasteiger partial charge in [-0.1, -0.05) is 13.3 Å². The first-order chi connectivity index (χ1) is 12.1. The van der Waals surface area contributed by atoms with Crippen molar-refractivity contribution in [2.45, 2.75) is 58.5 Å². The van der Waals surface area contributed by atoms with Crippen LogP contribution in [0.1, 0.15) is 46.5 Å². The van der Waals surface area contributed by atoms with E-state index in [0.717, 1.165) is 23.4 Å². The third-order valence-electron chi connectivity index (χ3n) is 7.39. The van der Waals surface area contributed by atoms with Crippen molar-refractivity contribution in [1.29, 1.82) is 0 Å². The summed E-state index contributed by atoms with van der Waals surface area (Å²) in [5.74, 6) is 0.939. The summed E-state index contributed by atoms with van der Waals surface area (Å²) in [6.45, 7) is 20.3. The Kier molecular flexibility index (Phi) is 5.43. The van der Waals surface area contributed by atoms with Gasteiger partial charge in [-0.2, -0.15) is 0 Å². The molecule has 0 aromatic heterocycles. The standard InChI is InChI=1S/C21H40N4/c1-4-5-21(6-7-21)17-23-15-20(16-23)25-13-19(14-25)12-22-8-10-24(11-9-22)18(2)3/h18-20H,4-17H2,1-3H3. The highest BCUT2D eigenvalue weighted by molar-refractivity contribution is 5.01. The Morgan fingerprint density at radius 1 is 0.920 bits per heavy atom. The molecule has 3 aliphatic heterocycles. The molecule has 0 bridgehead atoms. The number of hydrogen-bond donors (Lipinski definition) is 0. The average molecular weight is 349 g/mol. The summed E-state index contributed by atoms with van der Waals surface area (Å²) in [5.41, 5.74) is 0.745. The van der Waals surface area contributed by atoms with Crippen LogP contribution in [-0.2, 0) is 0 Å². The first-order valence-electron chi connectivity index (χ1n) is 11.0. The molecule has 4 nitrogen and oxygen atoms in total. The van der Waals surface area contributed by atoms with E-state index < -0.39 is 0 Å². The van der Waals surface area contributed by atoms with Crippen molar-refractivity contribution >= 4 is 0 Å². The number of nitrogens with zero attached hydrogens (tertiary/aromatic N) is 4. The van der Waals surface area contributed by atoms with Gasteiger partial charge in [0.25, 0.3) is 0 Å². The van der Waals surface area contributed by atoms with Gasteiger partial charge < -0.3 is 4.90 Å². The van der Waals surface area contributed by atoms with Crippen LogP contribution in [0, 0.1) is 11.3 Å². The van der Waals surface area contributed by atoms with Gasteiger partial charge in [-0.25, -0.2) is 0 Å². The Hall–Kier alpha value is -0.160. The van der Waals surface area contributed by atoms with Gasteiger partial charge in [0, 0.05) is 77.5 Å². The third-order valence-corrected chi connectivity index (χ3v) is 7.39. The predicted molar refractivity (Wildman–Crippen MR) is 105 cm³/mol. The molecular formula is C21H40N4. The van der Waals surface area contributed by atoms with Gasteiger partial charge >= 0.3 is 0 Å². The van der Waals surface area contributed by atoms with Crippen molar-refractivity contribution < 1.29 is 0 Å². The smallest absolute Gasteiger partial charge is 0.0350 e. The lowest BCUT2D eigenvalue weighted by Crippen LogP contribution is -2.67. The van der Waals surface area contributed by atoms with E-state index in [1.54, 1.807) is 0 Å². The maximum absolute atomic E-state index is 2.77. The summed E-state index contributed by atoms with van der Waals surface area (Å²) in [6.07, 6.45) is 5.83. The van der Waals surface area contributed by atoms with E-state index in [-0.39, 0.29) is 0 Å². The molecule has 1 aliphatic carbocycles. The van der Waals surface area contributed by atoms with Crippen molar-refractivity contribution in [3.05, 3.63) is 0 Å². The maximum atomic E-state index is 2.77. The highest BCUT2D eigenvalue weighted by Gasteiger charge is 2.46. The lowest BCUT2D eigenvalue weighted by molar-refractivity contribution is -0.0483. The number of hydrogen-bond acceptors (Lipinski definition) is 4. The van der Waals surface area contributed by atoms with Crippen LogP contribution >= 0.6 is 0 Å². The normalized spacial score (nSPS) is 29.8. The quantitative estimate of drug-likeness (QED) is 0.667. The second kappa shape index (κ2) is 7.46. The molecule has 0 unspecified atom stereocenters. The largest absolute Gasteiger partial charge is 0.300 e. The van der Waals surface area contributed by atoms with Gasteiger partial charge in [-0.15, -0.1) is 0 Å². The van der Waals surface area contributed by atoms with E-state index in [0.29, 0.717) is 0 Å². The Bertz CT molecular complexity index is 427. The van der Waals surface area contributed by atoms with Crippen molar-refractivity contribution in [2.24, 2.45) is 11.3 Å². The summed E-state index contributed by atoms with van der Waals surface area (Å²) >= 11 is 0. The minimum atomic E-state index is 0.718. The highest BCUT2D eigenvalue weighted by atomic mass is 15.4. The molecule has 1 saturated carbocycles. The van der Waals surface area contributed by atoms with E-state index in [4.69, 9.17) is 0 Å². The molecule has 3 heterocycles. The van der Waals surface area contributed by atoms with Gasteiger partial charge in [0.1, 0.15) is 0 Å². The molecule has 0 spiro atoms. The van der Waals surface area contributed by atoms with Crippen molar-refractivity contribution in [3.63, 3.8) is 0 Å². The zero-order valence-electron chi connectivity index (χ0n) is 16.9. The van der Waals surface area contributed by atoms with Crippen LogP contribution in [0.25, 0.3) is 0 Å². The number of rotatable bonds is 8. The topological polar surface area (TPSA) is 13.0 Å². The van der Waals surface area contributed by atoms with Crippen LogP contribution in [-0.4, -0.2) is 97.1 Å². The van der Waals surface area contributed by atoms with Gasteiger partial charge in [0.05, 0.1) is 0 Å². The molecule has 0 atom stereocenters. The Balaban J connectivity index is 1.09. The molecule has 4 aliphatic rings. The van der Waals surface area contributed by atoms with Crippen LogP contribution in [0.4, 0.5) is 0 Å². The first kappa shape index (κ1) is 18.2. The molecular weight excluding hydrogens is 308 g/mol. The van der Waals surface area contributed by atoms with Gasteiger partial charge in [0.15, 0.2) is 0 Å². The van der Waals surface area contributed by atoms with Crippen molar-refractivity contribution in [1.82, 2.24) is 19.6 Å². The lowest BCUT2D eigenvalue weighted by atomic mass is 9.92. The van der Waals surface area contributed by atoms with E-state index >= 15 is 0 Å². The highest BCUT2D eigenvalue weighted by Crippen LogP contribution is 2.50. The summed E-state index contributed by atoms with van der Waals surface area (Å²) < 4.78 is 0.